The largest absolute Gasteiger partial charge is 0.448 e. The molecule has 0 saturated carbocycles. The van der Waals surface area contributed by atoms with Crippen LogP contribution >= 0.6 is 0 Å². The molecule has 0 radical (unpaired) electrons. The second kappa shape index (κ2) is 34.0. The van der Waals surface area contributed by atoms with Gasteiger partial charge >= 0.3 is 24.3 Å². The molecule has 3 atom stereocenters. The summed E-state index contributed by atoms with van der Waals surface area (Å²) in [4.78, 5) is 115. The van der Waals surface area contributed by atoms with Crippen molar-refractivity contribution in [1.29, 1.82) is 0 Å². The van der Waals surface area contributed by atoms with Gasteiger partial charge in [-0.1, -0.05) is 159 Å². The molecule has 502 valence electrons. The van der Waals surface area contributed by atoms with Crippen LogP contribution in [-0.4, -0.2) is 153 Å². The van der Waals surface area contributed by atoms with Crippen LogP contribution in [0.15, 0.2) is 146 Å². The quantitative estimate of drug-likeness (QED) is 0.0149. The first-order chi connectivity index (χ1) is 46.1. The minimum Gasteiger partial charge on any atom is -0.448 e. The molecule has 95 heavy (non-hydrogen) atoms. The van der Waals surface area contributed by atoms with E-state index in [0.29, 0.717) is 51.7 Å². The summed E-state index contributed by atoms with van der Waals surface area (Å²) < 4.78 is 18.1. The van der Waals surface area contributed by atoms with Crippen molar-refractivity contribution in [3.8, 4) is 33.4 Å². The Morgan fingerprint density at radius 3 is 1.20 bits per heavy atom. The van der Waals surface area contributed by atoms with Gasteiger partial charge in [-0.15, -0.1) is 0 Å². The first-order valence-corrected chi connectivity index (χ1v) is 33.3. The van der Waals surface area contributed by atoms with Crippen LogP contribution in [0.1, 0.15) is 130 Å². The van der Waals surface area contributed by atoms with E-state index in [1.165, 1.54) is 6.92 Å². The van der Waals surface area contributed by atoms with Crippen molar-refractivity contribution < 1.29 is 52.6 Å². The minimum absolute atomic E-state index is 0.0212. The maximum Gasteiger partial charge on any atom is 0.417 e. The normalized spacial score (nSPS) is 13.5. The zero-order valence-electron chi connectivity index (χ0n) is 54.6. The Labute approximate surface area is 556 Å². The lowest BCUT2D eigenvalue weighted by molar-refractivity contribution is -0.139. The zero-order valence-corrected chi connectivity index (χ0v) is 54.6. The molecule has 21 nitrogen and oxygen atoms in total. The molecular formula is C74H90N10O11. The standard InChI is InChI=1S/C74H90N10O11/c1-48(2)67(81-69(87)66(36-16-17-37-75)84(49(3)85)74(92)95-47-64-60-33-14-8-27-54(60)55-28-9-15-34-61(55)64)70(88)80-65(35-20-39-79-71(77)89)68(86)78-40-22-44-83(73(91)94-46-63-58-31-12-6-25-52(58)53-26-7-13-32-59(53)63)42-19-18-41-82(43-21-38-76)72(90)93-45-62-56-29-10-4-23-50(56)51-24-5-11-30-57(51)62/h4-15,23-34,48,62-67H,16-22,35-47,75-76H2,1-3H3,(H,78,86)(H,80,88)(H,81,87)(H3,77,79,89)/t65-,66-,67-/m0/s1. The molecule has 0 fully saturated rings. The SMILES string of the molecule is CC(=O)N(C(=O)OCC1c2ccccc2-c2ccccc21)[C@@H](CCCCN)C(=O)N[C@H](C(=O)N[C@@H](CCCNC(N)=O)C(=O)NCCCN(CCCCN(CCCN)C(=O)OCC1c2ccccc2-c2ccccc21)C(=O)OCC1c2ccccc2-c2ccccc21)C(C)C. The van der Waals surface area contributed by atoms with E-state index in [0.717, 1.165) is 71.7 Å². The maximum absolute atomic E-state index is 14.6. The van der Waals surface area contributed by atoms with Crippen molar-refractivity contribution in [3.05, 3.63) is 179 Å². The maximum atomic E-state index is 14.6. The summed E-state index contributed by atoms with van der Waals surface area (Å²) in [5, 5.41) is 11.0. The number of hydrogen-bond donors (Lipinski definition) is 7. The van der Waals surface area contributed by atoms with Crippen molar-refractivity contribution in [2.24, 2.45) is 23.1 Å². The number of benzene rings is 6. The Bertz CT molecular complexity index is 3540. The van der Waals surface area contributed by atoms with E-state index in [4.69, 9.17) is 31.4 Å². The average molecular weight is 1300 g/mol. The third-order valence-electron chi connectivity index (χ3n) is 18.1. The second-order valence-corrected chi connectivity index (χ2v) is 24.8. The number of primary amides is 1. The van der Waals surface area contributed by atoms with E-state index in [9.17, 15) is 38.4 Å². The predicted octanol–water partition coefficient (Wildman–Crippen LogP) is 9.49. The van der Waals surface area contributed by atoms with Gasteiger partial charge in [-0.2, -0.15) is 0 Å². The van der Waals surface area contributed by atoms with Gasteiger partial charge in [0.2, 0.25) is 23.6 Å². The van der Waals surface area contributed by atoms with E-state index >= 15 is 0 Å². The van der Waals surface area contributed by atoms with Crippen LogP contribution in [0.3, 0.4) is 0 Å². The van der Waals surface area contributed by atoms with Crippen LogP contribution in [0.4, 0.5) is 19.2 Å². The number of ether oxygens (including phenoxy) is 3. The lowest BCUT2D eigenvalue weighted by Crippen LogP contribution is -2.59. The van der Waals surface area contributed by atoms with Crippen molar-refractivity contribution in [1.82, 2.24) is 36.0 Å². The van der Waals surface area contributed by atoms with E-state index < -0.39 is 72.0 Å². The molecule has 0 aromatic heterocycles. The Balaban J connectivity index is 0.841. The summed E-state index contributed by atoms with van der Waals surface area (Å²) in [7, 11) is 0. The Kier molecular flexibility index (Phi) is 25.0. The highest BCUT2D eigenvalue weighted by Crippen LogP contribution is 2.47. The van der Waals surface area contributed by atoms with Crippen molar-refractivity contribution >= 4 is 47.9 Å². The van der Waals surface area contributed by atoms with Crippen LogP contribution in [0.25, 0.3) is 33.4 Å². The number of urea groups is 1. The highest BCUT2D eigenvalue weighted by Gasteiger charge is 2.39. The van der Waals surface area contributed by atoms with Gasteiger partial charge in [-0.05, 0) is 144 Å². The van der Waals surface area contributed by atoms with E-state index in [2.05, 4.69) is 57.7 Å². The third-order valence-corrected chi connectivity index (χ3v) is 18.1. The number of amides is 9. The number of rotatable bonds is 33. The molecule has 0 saturated heterocycles. The molecule has 9 amide bonds. The first-order valence-electron chi connectivity index (χ1n) is 33.3. The van der Waals surface area contributed by atoms with Gasteiger partial charge in [0.05, 0.1) is 0 Å². The zero-order chi connectivity index (χ0) is 67.4. The second-order valence-electron chi connectivity index (χ2n) is 24.8. The van der Waals surface area contributed by atoms with Gasteiger partial charge in [0.1, 0.15) is 37.9 Å². The fourth-order valence-electron chi connectivity index (χ4n) is 13.3. The Hall–Kier alpha value is -9.60. The van der Waals surface area contributed by atoms with Crippen LogP contribution in [0.5, 0.6) is 0 Å². The van der Waals surface area contributed by atoms with Crippen molar-refractivity contribution in [3.63, 3.8) is 0 Å². The van der Waals surface area contributed by atoms with Crippen LogP contribution < -0.4 is 38.5 Å². The molecule has 0 spiro atoms. The molecular weight excluding hydrogens is 1200 g/mol. The number of nitrogens with zero attached hydrogens (tertiary/aromatic N) is 3. The molecule has 10 N–H and O–H groups in total. The first kappa shape index (κ1) is 69.7. The average Bonchev–Trinajstić information content (AvgIpc) is 1.64. The topological polar surface area (TPSA) is 300 Å². The number of hydrogen-bond acceptors (Lipinski definition) is 13. The van der Waals surface area contributed by atoms with E-state index in [1.807, 2.05) is 109 Å². The number of carbonyl (C=O) groups is 8. The smallest absolute Gasteiger partial charge is 0.417 e. The van der Waals surface area contributed by atoms with Crippen LogP contribution in [0, 0.1) is 5.92 Å². The lowest BCUT2D eigenvalue weighted by atomic mass is 9.98. The number of fused-ring (bicyclic) bond motifs is 9. The van der Waals surface area contributed by atoms with E-state index in [1.54, 1.807) is 23.6 Å². The Morgan fingerprint density at radius 2 is 0.811 bits per heavy atom. The lowest BCUT2D eigenvalue weighted by Gasteiger charge is -2.31. The van der Waals surface area contributed by atoms with Crippen LogP contribution in [-0.2, 0) is 33.4 Å². The monoisotopic (exact) mass is 1290 g/mol. The molecule has 0 bridgehead atoms. The third kappa shape index (κ3) is 17.4. The van der Waals surface area contributed by atoms with Gasteiger partial charge in [-0.3, -0.25) is 19.2 Å². The Morgan fingerprint density at radius 1 is 0.432 bits per heavy atom. The van der Waals surface area contributed by atoms with Gasteiger partial charge in [-0.25, -0.2) is 24.1 Å². The predicted molar refractivity (Wildman–Crippen MR) is 364 cm³/mol. The van der Waals surface area contributed by atoms with Gasteiger partial charge in [0, 0.05) is 63.9 Å². The molecule has 9 rings (SSSR count). The summed E-state index contributed by atoms with van der Waals surface area (Å²) in [5.74, 6) is -3.99. The number of nitrogens with one attached hydrogen (secondary N) is 4. The summed E-state index contributed by atoms with van der Waals surface area (Å²) in [6.07, 6.45) is 0.959. The molecule has 21 heteroatoms. The highest BCUT2D eigenvalue weighted by atomic mass is 16.6. The van der Waals surface area contributed by atoms with Crippen molar-refractivity contribution in [2.75, 3.05) is 72.2 Å². The molecule has 6 aromatic rings. The highest BCUT2D eigenvalue weighted by molar-refractivity contribution is 5.99. The van der Waals surface area contributed by atoms with Crippen LogP contribution in [0.2, 0.25) is 0 Å². The van der Waals surface area contributed by atoms with Gasteiger partial charge in [0.25, 0.3) is 0 Å². The minimum atomic E-state index is -1.39. The molecule has 3 aliphatic carbocycles. The van der Waals surface area contributed by atoms with Gasteiger partial charge < -0.3 is 62.5 Å². The molecule has 0 aliphatic heterocycles. The summed E-state index contributed by atoms with van der Waals surface area (Å²) in [5.41, 5.74) is 29.9. The number of nitrogens with two attached hydrogens (primary N) is 3. The van der Waals surface area contributed by atoms with Crippen molar-refractivity contribution in [2.45, 2.75) is 114 Å². The molecule has 6 aromatic carbocycles. The number of imide groups is 1. The fraction of sp³-hybridized carbons (Fsp3) is 0.405. The molecule has 0 unspecified atom stereocenters. The summed E-state index contributed by atoms with van der Waals surface area (Å²) >= 11 is 0. The number of carbonyl (C=O) groups excluding carboxylic acids is 8. The summed E-state index contributed by atoms with van der Waals surface area (Å²) in [6, 6.07) is 43.5. The molecule has 0 heterocycles. The number of unbranched alkanes of at least 4 members (excludes halogenated alkanes) is 2. The fourth-order valence-corrected chi connectivity index (χ4v) is 13.3. The molecule has 3 aliphatic rings. The van der Waals surface area contributed by atoms with E-state index in [-0.39, 0.29) is 96.0 Å². The van der Waals surface area contributed by atoms with Gasteiger partial charge in [0.15, 0.2) is 0 Å². The summed E-state index contributed by atoms with van der Waals surface area (Å²) in [6.45, 7) is 6.72.